The monoisotopic (exact) mass is 436 g/mol. The Morgan fingerprint density at radius 2 is 1.97 bits per heavy atom. The van der Waals surface area contributed by atoms with Gasteiger partial charge >= 0.3 is 6.09 Å². The lowest BCUT2D eigenvalue weighted by Gasteiger charge is -2.39. The average Bonchev–Trinajstić information content (AvgIpc) is 3.08. The second-order valence-corrected chi connectivity index (χ2v) is 10.8. The molecule has 0 aromatic heterocycles. The maximum atomic E-state index is 12.7. The van der Waals surface area contributed by atoms with Crippen molar-refractivity contribution in [1.29, 1.82) is 0 Å². The average molecular weight is 437 g/mol. The zero-order valence-corrected chi connectivity index (χ0v) is 19.0. The highest BCUT2D eigenvalue weighted by molar-refractivity contribution is 7.91. The van der Waals surface area contributed by atoms with Crippen LogP contribution < -0.4 is 5.32 Å². The molecule has 1 aromatic carbocycles. The predicted molar refractivity (Wildman–Crippen MR) is 116 cm³/mol. The summed E-state index contributed by atoms with van der Waals surface area (Å²) < 4.78 is 31.0. The van der Waals surface area contributed by atoms with Gasteiger partial charge in [0, 0.05) is 25.7 Å². The Morgan fingerprint density at radius 3 is 2.60 bits per heavy atom. The molecule has 3 rings (SSSR count). The highest BCUT2D eigenvalue weighted by Gasteiger charge is 2.37. The SMILES string of the molecule is CCC(CS(=O)(=O)c1ccccc1)NC1=NCC2CN(C(=O)OC(C)(C)C)CCN12. The second kappa shape index (κ2) is 8.83. The summed E-state index contributed by atoms with van der Waals surface area (Å²) in [5.74, 6) is 0.730. The number of nitrogens with zero attached hydrogens (tertiary/aromatic N) is 3. The van der Waals surface area contributed by atoms with Crippen LogP contribution in [0.2, 0.25) is 0 Å². The fraction of sp³-hybridized carbons (Fsp3) is 0.619. The summed E-state index contributed by atoms with van der Waals surface area (Å²) in [6.45, 7) is 9.84. The van der Waals surface area contributed by atoms with E-state index in [2.05, 4.69) is 15.2 Å². The molecule has 2 atom stereocenters. The van der Waals surface area contributed by atoms with Crippen molar-refractivity contribution in [3.8, 4) is 0 Å². The molecule has 1 saturated heterocycles. The Hall–Kier alpha value is -2.29. The number of aliphatic imine (C=N–C) groups is 1. The van der Waals surface area contributed by atoms with E-state index in [9.17, 15) is 13.2 Å². The number of hydrogen-bond donors (Lipinski definition) is 1. The molecule has 30 heavy (non-hydrogen) atoms. The fourth-order valence-corrected chi connectivity index (χ4v) is 5.24. The topological polar surface area (TPSA) is 91.3 Å². The van der Waals surface area contributed by atoms with Crippen LogP contribution in [0.5, 0.6) is 0 Å². The molecular weight excluding hydrogens is 404 g/mol. The summed E-state index contributed by atoms with van der Waals surface area (Å²) in [5, 5.41) is 3.34. The quantitative estimate of drug-likeness (QED) is 0.760. The smallest absolute Gasteiger partial charge is 0.410 e. The number of sulfone groups is 1. The number of carbonyl (C=O) groups excluding carboxylic acids is 1. The van der Waals surface area contributed by atoms with Crippen molar-refractivity contribution >= 4 is 21.9 Å². The normalized spacial score (nSPS) is 20.4. The van der Waals surface area contributed by atoms with Gasteiger partial charge in [0.25, 0.3) is 0 Å². The molecule has 2 heterocycles. The summed E-state index contributed by atoms with van der Waals surface area (Å²) in [7, 11) is -3.39. The number of fused-ring (bicyclic) bond motifs is 1. The van der Waals surface area contributed by atoms with Crippen molar-refractivity contribution < 1.29 is 17.9 Å². The molecular formula is C21H32N4O4S. The van der Waals surface area contributed by atoms with Crippen LogP contribution in [0, 0.1) is 0 Å². The first-order valence-electron chi connectivity index (χ1n) is 10.4. The van der Waals surface area contributed by atoms with Crippen LogP contribution in [-0.2, 0) is 14.6 Å². The minimum absolute atomic E-state index is 0.00900. The van der Waals surface area contributed by atoms with Gasteiger partial charge in [0.05, 0.1) is 23.2 Å². The lowest BCUT2D eigenvalue weighted by molar-refractivity contribution is 0.0137. The number of piperazine rings is 1. The van der Waals surface area contributed by atoms with Gasteiger partial charge in [-0.3, -0.25) is 4.99 Å². The molecule has 2 aliphatic heterocycles. The lowest BCUT2D eigenvalue weighted by atomic mass is 10.2. The minimum atomic E-state index is -3.39. The van der Waals surface area contributed by atoms with E-state index >= 15 is 0 Å². The molecule has 0 radical (unpaired) electrons. The van der Waals surface area contributed by atoms with Crippen LogP contribution in [0.4, 0.5) is 4.79 Å². The second-order valence-electron chi connectivity index (χ2n) is 8.78. The first kappa shape index (κ1) is 22.4. The van der Waals surface area contributed by atoms with Crippen LogP contribution >= 0.6 is 0 Å². The number of guanidine groups is 1. The van der Waals surface area contributed by atoms with Gasteiger partial charge in [-0.2, -0.15) is 0 Å². The molecule has 1 amide bonds. The Kier molecular flexibility index (Phi) is 6.59. The number of hydrogen-bond acceptors (Lipinski definition) is 7. The van der Waals surface area contributed by atoms with Gasteiger partial charge in [-0.1, -0.05) is 25.1 Å². The van der Waals surface area contributed by atoms with Gasteiger partial charge < -0.3 is 19.9 Å². The standard InChI is InChI=1S/C21H32N4O4S/c1-5-16(15-30(27,28)18-9-7-6-8-10-18)23-19-22-13-17-14-24(11-12-25(17)19)20(26)29-21(2,3)4/h6-10,16-17H,5,11-15H2,1-4H3,(H,22,23). The molecule has 0 aliphatic carbocycles. The maximum Gasteiger partial charge on any atom is 0.410 e. The van der Waals surface area contributed by atoms with Gasteiger partial charge in [-0.15, -0.1) is 0 Å². The molecule has 9 heteroatoms. The van der Waals surface area contributed by atoms with Crippen molar-refractivity contribution in [3.05, 3.63) is 30.3 Å². The predicted octanol–water partition coefficient (Wildman–Crippen LogP) is 2.12. The van der Waals surface area contributed by atoms with E-state index in [0.29, 0.717) is 37.5 Å². The third-order valence-corrected chi connectivity index (χ3v) is 7.04. The third-order valence-electron chi connectivity index (χ3n) is 5.21. The lowest BCUT2D eigenvalue weighted by Crippen LogP contribution is -2.58. The van der Waals surface area contributed by atoms with E-state index in [1.165, 1.54) is 0 Å². The summed E-state index contributed by atoms with van der Waals surface area (Å²) in [6, 6.07) is 8.36. The molecule has 8 nitrogen and oxygen atoms in total. The van der Waals surface area contributed by atoms with Crippen molar-refractivity contribution in [2.24, 2.45) is 4.99 Å². The summed E-state index contributed by atoms with van der Waals surface area (Å²) in [5.41, 5.74) is -0.522. The Bertz CT molecular complexity index is 880. The first-order chi connectivity index (χ1) is 14.1. The maximum absolute atomic E-state index is 12.7. The first-order valence-corrected chi connectivity index (χ1v) is 12.1. The molecule has 166 valence electrons. The van der Waals surface area contributed by atoms with Gasteiger partial charge in [0.2, 0.25) is 0 Å². The van der Waals surface area contributed by atoms with E-state index in [1.807, 2.05) is 27.7 Å². The van der Waals surface area contributed by atoms with Gasteiger partial charge in [-0.25, -0.2) is 13.2 Å². The summed E-state index contributed by atoms with van der Waals surface area (Å²) in [4.78, 5) is 21.2. The molecule has 0 spiro atoms. The van der Waals surface area contributed by atoms with Crippen molar-refractivity contribution in [3.63, 3.8) is 0 Å². The number of carbonyl (C=O) groups is 1. The van der Waals surface area contributed by atoms with Crippen LogP contribution in [0.3, 0.4) is 0 Å². The Morgan fingerprint density at radius 1 is 1.27 bits per heavy atom. The van der Waals surface area contributed by atoms with Crippen molar-refractivity contribution in [2.75, 3.05) is 31.9 Å². The van der Waals surface area contributed by atoms with Crippen LogP contribution in [0.1, 0.15) is 34.1 Å². The third kappa shape index (κ3) is 5.44. The van der Waals surface area contributed by atoms with E-state index in [0.717, 1.165) is 5.96 Å². The highest BCUT2D eigenvalue weighted by Crippen LogP contribution is 2.20. The number of amides is 1. The van der Waals surface area contributed by atoms with Gasteiger partial charge in [0.15, 0.2) is 15.8 Å². The molecule has 1 aromatic rings. The minimum Gasteiger partial charge on any atom is -0.444 e. The van der Waals surface area contributed by atoms with Crippen molar-refractivity contribution in [1.82, 2.24) is 15.1 Å². The van der Waals surface area contributed by atoms with Gasteiger partial charge in [0.1, 0.15) is 5.60 Å². The van der Waals surface area contributed by atoms with E-state index in [-0.39, 0.29) is 23.9 Å². The van der Waals surface area contributed by atoms with Crippen molar-refractivity contribution in [2.45, 2.75) is 56.7 Å². The fourth-order valence-electron chi connectivity index (χ4n) is 3.63. The van der Waals surface area contributed by atoms with Gasteiger partial charge in [-0.05, 0) is 39.3 Å². The van der Waals surface area contributed by atoms with Crippen LogP contribution in [0.25, 0.3) is 0 Å². The van der Waals surface area contributed by atoms with Crippen LogP contribution in [-0.4, -0.2) is 79.9 Å². The van der Waals surface area contributed by atoms with E-state index in [4.69, 9.17) is 4.74 Å². The number of benzene rings is 1. The van der Waals surface area contributed by atoms with E-state index in [1.54, 1.807) is 35.2 Å². The summed E-state index contributed by atoms with van der Waals surface area (Å²) in [6.07, 6.45) is 0.358. The molecule has 0 saturated carbocycles. The zero-order chi connectivity index (χ0) is 21.9. The molecule has 2 aliphatic rings. The Balaban J connectivity index is 1.59. The van der Waals surface area contributed by atoms with Crippen LogP contribution in [0.15, 0.2) is 40.2 Å². The molecule has 0 bridgehead atoms. The summed E-state index contributed by atoms with van der Waals surface area (Å²) >= 11 is 0. The Labute approximate surface area is 179 Å². The largest absolute Gasteiger partial charge is 0.444 e. The van der Waals surface area contributed by atoms with E-state index < -0.39 is 15.4 Å². The zero-order valence-electron chi connectivity index (χ0n) is 18.2. The number of rotatable bonds is 5. The number of ether oxygens (including phenoxy) is 1. The highest BCUT2D eigenvalue weighted by atomic mass is 32.2. The number of nitrogens with one attached hydrogen (secondary N) is 1. The molecule has 1 N–H and O–H groups in total. The molecule has 2 unspecified atom stereocenters. The molecule has 1 fully saturated rings.